The molecule has 2 heterocycles. The van der Waals surface area contributed by atoms with E-state index in [0.717, 1.165) is 5.69 Å². The van der Waals surface area contributed by atoms with Gasteiger partial charge in [-0.2, -0.15) is 0 Å². The molecule has 1 atom stereocenters. The summed E-state index contributed by atoms with van der Waals surface area (Å²) in [6.07, 6.45) is 2.94. The second-order valence-electron chi connectivity index (χ2n) is 4.31. The summed E-state index contributed by atoms with van der Waals surface area (Å²) in [4.78, 5) is 30.4. The Balaban J connectivity index is 1.94. The first-order valence-electron chi connectivity index (χ1n) is 6.24. The van der Waals surface area contributed by atoms with E-state index in [1.165, 1.54) is 18.3 Å². The molecule has 2 rings (SSSR count). The number of carboxylic acid groups (broad SMARTS) is 1. The molecule has 7 nitrogen and oxygen atoms in total. The predicted octanol–water partition coefficient (Wildman–Crippen LogP) is 2.06. The Bertz CT molecular complexity index is 628. The first-order valence-corrected chi connectivity index (χ1v) is 6.24. The third kappa shape index (κ3) is 4.00. The Hall–Kier alpha value is -2.96. The second kappa shape index (κ2) is 6.47. The quantitative estimate of drug-likeness (QED) is 0.798. The van der Waals surface area contributed by atoms with Gasteiger partial charge in [0.15, 0.2) is 0 Å². The number of aromatic carboxylic acids is 1. The molecular formula is C14H14N4O3. The summed E-state index contributed by atoms with van der Waals surface area (Å²) in [6, 6.07) is 7.57. The average molecular weight is 286 g/mol. The number of nitrogens with zero attached hydrogens (tertiary/aromatic N) is 2. The van der Waals surface area contributed by atoms with Gasteiger partial charge in [-0.25, -0.2) is 14.6 Å². The molecule has 21 heavy (non-hydrogen) atoms. The van der Waals surface area contributed by atoms with Crippen molar-refractivity contribution in [1.82, 2.24) is 15.3 Å². The maximum Gasteiger partial charge on any atom is 0.354 e. The zero-order valence-corrected chi connectivity index (χ0v) is 11.3. The molecule has 0 aliphatic carbocycles. The number of carboxylic acids is 1. The van der Waals surface area contributed by atoms with Crippen LogP contribution in [0.15, 0.2) is 42.7 Å². The molecule has 0 spiro atoms. The summed E-state index contributed by atoms with van der Waals surface area (Å²) in [5, 5.41) is 14.0. The van der Waals surface area contributed by atoms with Crippen LogP contribution in [0, 0.1) is 0 Å². The van der Waals surface area contributed by atoms with Crippen molar-refractivity contribution in [3.63, 3.8) is 0 Å². The monoisotopic (exact) mass is 286 g/mol. The smallest absolute Gasteiger partial charge is 0.354 e. The van der Waals surface area contributed by atoms with Gasteiger partial charge in [0, 0.05) is 6.20 Å². The van der Waals surface area contributed by atoms with Crippen LogP contribution in [0.1, 0.15) is 29.1 Å². The van der Waals surface area contributed by atoms with Crippen LogP contribution < -0.4 is 10.6 Å². The molecule has 2 amide bonds. The van der Waals surface area contributed by atoms with Gasteiger partial charge in [-0.05, 0) is 31.2 Å². The first-order chi connectivity index (χ1) is 10.1. The molecule has 7 heteroatoms. The highest BCUT2D eigenvalue weighted by molar-refractivity contribution is 5.90. The van der Waals surface area contributed by atoms with E-state index in [2.05, 4.69) is 20.6 Å². The molecule has 3 N–H and O–H groups in total. The fraction of sp³-hybridized carbons (Fsp3) is 0.143. The minimum Gasteiger partial charge on any atom is -0.477 e. The van der Waals surface area contributed by atoms with Crippen LogP contribution in [0.25, 0.3) is 0 Å². The minimum atomic E-state index is -1.12. The summed E-state index contributed by atoms with van der Waals surface area (Å²) in [5.74, 6) is -1.12. The lowest BCUT2D eigenvalue weighted by molar-refractivity contribution is 0.0690. The molecule has 0 aliphatic rings. The topological polar surface area (TPSA) is 104 Å². The van der Waals surface area contributed by atoms with Gasteiger partial charge in [0.1, 0.15) is 5.69 Å². The SMILES string of the molecule is CC(NC(=O)Nc1ccc(C(=O)O)nc1)c1ccccn1. The van der Waals surface area contributed by atoms with E-state index in [9.17, 15) is 9.59 Å². The molecule has 0 aromatic carbocycles. The van der Waals surface area contributed by atoms with E-state index >= 15 is 0 Å². The number of pyridine rings is 2. The van der Waals surface area contributed by atoms with Crippen LogP contribution in [-0.4, -0.2) is 27.1 Å². The van der Waals surface area contributed by atoms with E-state index in [0.29, 0.717) is 5.69 Å². The summed E-state index contributed by atoms with van der Waals surface area (Å²) in [6.45, 7) is 1.81. The van der Waals surface area contributed by atoms with Crippen molar-refractivity contribution in [3.05, 3.63) is 54.1 Å². The molecule has 2 aromatic heterocycles. The third-order valence-electron chi connectivity index (χ3n) is 2.72. The number of aromatic nitrogens is 2. The van der Waals surface area contributed by atoms with Crippen molar-refractivity contribution < 1.29 is 14.7 Å². The number of carbonyl (C=O) groups excluding carboxylic acids is 1. The largest absolute Gasteiger partial charge is 0.477 e. The van der Waals surface area contributed by atoms with Crippen LogP contribution in [0.5, 0.6) is 0 Å². The highest BCUT2D eigenvalue weighted by atomic mass is 16.4. The van der Waals surface area contributed by atoms with Gasteiger partial charge in [-0.3, -0.25) is 4.98 Å². The number of amides is 2. The van der Waals surface area contributed by atoms with Crippen LogP contribution >= 0.6 is 0 Å². The van der Waals surface area contributed by atoms with Crippen molar-refractivity contribution in [3.8, 4) is 0 Å². The molecule has 2 aromatic rings. The van der Waals surface area contributed by atoms with Gasteiger partial charge >= 0.3 is 12.0 Å². The van der Waals surface area contributed by atoms with E-state index in [4.69, 9.17) is 5.11 Å². The van der Waals surface area contributed by atoms with E-state index < -0.39 is 12.0 Å². The third-order valence-corrected chi connectivity index (χ3v) is 2.72. The zero-order chi connectivity index (χ0) is 15.2. The summed E-state index contributed by atoms with van der Waals surface area (Å²) >= 11 is 0. The molecule has 0 radical (unpaired) electrons. The number of hydrogen-bond donors (Lipinski definition) is 3. The van der Waals surface area contributed by atoms with Crippen molar-refractivity contribution in [2.45, 2.75) is 13.0 Å². The molecule has 0 aliphatic heterocycles. The lowest BCUT2D eigenvalue weighted by atomic mass is 10.2. The van der Waals surface area contributed by atoms with Crippen molar-refractivity contribution in [1.29, 1.82) is 0 Å². The lowest BCUT2D eigenvalue weighted by Gasteiger charge is -2.14. The van der Waals surface area contributed by atoms with Crippen LogP contribution in [0.3, 0.4) is 0 Å². The average Bonchev–Trinajstić information content (AvgIpc) is 2.48. The van der Waals surface area contributed by atoms with E-state index in [-0.39, 0.29) is 11.7 Å². The lowest BCUT2D eigenvalue weighted by Crippen LogP contribution is -2.31. The van der Waals surface area contributed by atoms with Gasteiger partial charge in [-0.15, -0.1) is 0 Å². The normalized spacial score (nSPS) is 11.5. The zero-order valence-electron chi connectivity index (χ0n) is 11.3. The van der Waals surface area contributed by atoms with Crippen LogP contribution in [-0.2, 0) is 0 Å². The summed E-state index contributed by atoms with van der Waals surface area (Å²) in [7, 11) is 0. The molecule has 0 fully saturated rings. The molecule has 0 saturated heterocycles. The fourth-order valence-corrected chi connectivity index (χ4v) is 1.66. The summed E-state index contributed by atoms with van der Waals surface area (Å²) in [5.41, 5.74) is 1.07. The molecular weight excluding hydrogens is 272 g/mol. The van der Waals surface area contributed by atoms with Crippen molar-refractivity contribution >= 4 is 17.7 Å². The number of anilines is 1. The second-order valence-corrected chi connectivity index (χ2v) is 4.31. The van der Waals surface area contributed by atoms with Gasteiger partial charge in [0.05, 0.1) is 23.6 Å². The minimum absolute atomic E-state index is 0.0807. The summed E-state index contributed by atoms with van der Waals surface area (Å²) < 4.78 is 0. The number of carbonyl (C=O) groups is 2. The van der Waals surface area contributed by atoms with E-state index in [1.54, 1.807) is 12.3 Å². The maximum absolute atomic E-state index is 11.8. The van der Waals surface area contributed by atoms with Crippen molar-refractivity contribution in [2.24, 2.45) is 0 Å². The molecule has 1 unspecified atom stereocenters. The molecule has 0 saturated carbocycles. The molecule has 108 valence electrons. The Kier molecular flexibility index (Phi) is 4.45. The fourth-order valence-electron chi connectivity index (χ4n) is 1.66. The van der Waals surface area contributed by atoms with Gasteiger partial charge in [-0.1, -0.05) is 6.07 Å². The van der Waals surface area contributed by atoms with E-state index in [1.807, 2.05) is 19.1 Å². The first kappa shape index (κ1) is 14.4. The predicted molar refractivity (Wildman–Crippen MR) is 76.0 cm³/mol. The van der Waals surface area contributed by atoms with Gasteiger partial charge < -0.3 is 15.7 Å². The number of nitrogens with one attached hydrogen (secondary N) is 2. The highest BCUT2D eigenvalue weighted by Crippen LogP contribution is 2.10. The highest BCUT2D eigenvalue weighted by Gasteiger charge is 2.11. The Morgan fingerprint density at radius 3 is 2.57 bits per heavy atom. The number of urea groups is 1. The Morgan fingerprint density at radius 2 is 2.00 bits per heavy atom. The maximum atomic E-state index is 11.8. The standard InChI is InChI=1S/C14H14N4O3/c1-9(11-4-2-3-7-15-11)17-14(21)18-10-5-6-12(13(19)20)16-8-10/h2-9H,1H3,(H,19,20)(H2,17,18,21). The molecule has 0 bridgehead atoms. The van der Waals surface area contributed by atoms with Gasteiger partial charge in [0.25, 0.3) is 0 Å². The van der Waals surface area contributed by atoms with Crippen LogP contribution in [0.4, 0.5) is 10.5 Å². The Labute approximate surface area is 121 Å². The van der Waals surface area contributed by atoms with Crippen molar-refractivity contribution in [2.75, 3.05) is 5.32 Å². The number of hydrogen-bond acceptors (Lipinski definition) is 4. The Morgan fingerprint density at radius 1 is 1.19 bits per heavy atom. The van der Waals surface area contributed by atoms with Gasteiger partial charge in [0.2, 0.25) is 0 Å². The van der Waals surface area contributed by atoms with Crippen LogP contribution in [0.2, 0.25) is 0 Å². The number of rotatable bonds is 4.